The lowest BCUT2D eigenvalue weighted by Crippen LogP contribution is -2.29. The second-order valence-corrected chi connectivity index (χ2v) is 4.12. The number of anilines is 1. The minimum Gasteiger partial charge on any atom is -0.468 e. The smallest absolute Gasteiger partial charge is 0.318 e. The van der Waals surface area contributed by atoms with Crippen molar-refractivity contribution in [3.8, 4) is 0 Å². The third-order valence-electron chi connectivity index (χ3n) is 2.95. The molecule has 0 spiro atoms. The van der Waals surface area contributed by atoms with E-state index >= 15 is 0 Å². The molecule has 0 fully saturated rings. The molecule has 1 heterocycles. The van der Waals surface area contributed by atoms with Gasteiger partial charge in [0.15, 0.2) is 0 Å². The summed E-state index contributed by atoms with van der Waals surface area (Å²) in [6.45, 7) is 1.76. The average Bonchev–Trinajstić information content (AvgIpc) is 2.83. The molecular formula is C14H15NO4. The number of esters is 1. The van der Waals surface area contributed by atoms with Crippen LogP contribution < -0.4 is 5.32 Å². The number of ether oxygens (including phenoxy) is 1. The highest BCUT2D eigenvalue weighted by atomic mass is 16.5. The van der Waals surface area contributed by atoms with E-state index < -0.39 is 11.9 Å². The van der Waals surface area contributed by atoms with Gasteiger partial charge >= 0.3 is 5.97 Å². The summed E-state index contributed by atoms with van der Waals surface area (Å²) in [6, 6.07) is 7.35. The van der Waals surface area contributed by atoms with Gasteiger partial charge in [-0.1, -0.05) is 19.1 Å². The Labute approximate surface area is 110 Å². The van der Waals surface area contributed by atoms with E-state index in [0.29, 0.717) is 17.7 Å². The molecule has 1 amide bonds. The molecular weight excluding hydrogens is 246 g/mol. The molecule has 5 nitrogen and oxygen atoms in total. The average molecular weight is 261 g/mol. The van der Waals surface area contributed by atoms with Gasteiger partial charge in [0.1, 0.15) is 17.8 Å². The van der Waals surface area contributed by atoms with E-state index in [0.717, 1.165) is 5.39 Å². The van der Waals surface area contributed by atoms with Crippen molar-refractivity contribution in [2.24, 2.45) is 5.92 Å². The molecule has 100 valence electrons. The SMILES string of the molecule is CCC(C(=O)Nc1coc2ccccc12)C(=O)OC. The van der Waals surface area contributed by atoms with E-state index in [9.17, 15) is 9.59 Å². The summed E-state index contributed by atoms with van der Waals surface area (Å²) in [6.07, 6.45) is 1.85. The normalized spacial score (nSPS) is 12.1. The lowest BCUT2D eigenvalue weighted by molar-refractivity contribution is -0.148. The van der Waals surface area contributed by atoms with Crippen LogP contribution in [0.2, 0.25) is 0 Å². The summed E-state index contributed by atoms with van der Waals surface area (Å²) in [7, 11) is 1.27. The summed E-state index contributed by atoms with van der Waals surface area (Å²) in [5.74, 6) is -1.73. The van der Waals surface area contributed by atoms with Crippen LogP contribution in [0.3, 0.4) is 0 Å². The number of carbonyl (C=O) groups is 2. The van der Waals surface area contributed by atoms with E-state index in [2.05, 4.69) is 10.1 Å². The molecule has 0 bridgehead atoms. The van der Waals surface area contributed by atoms with Crippen LogP contribution in [0.5, 0.6) is 0 Å². The van der Waals surface area contributed by atoms with Crippen molar-refractivity contribution in [2.45, 2.75) is 13.3 Å². The predicted molar refractivity (Wildman–Crippen MR) is 70.6 cm³/mol. The van der Waals surface area contributed by atoms with E-state index in [1.165, 1.54) is 13.4 Å². The molecule has 2 aromatic rings. The van der Waals surface area contributed by atoms with Gasteiger partial charge < -0.3 is 14.5 Å². The Morgan fingerprint density at radius 2 is 2.11 bits per heavy atom. The van der Waals surface area contributed by atoms with Crippen molar-refractivity contribution in [1.82, 2.24) is 0 Å². The van der Waals surface area contributed by atoms with Crippen LogP contribution in [0.15, 0.2) is 34.9 Å². The Morgan fingerprint density at radius 1 is 1.37 bits per heavy atom. The predicted octanol–water partition coefficient (Wildman–Crippen LogP) is 2.57. The van der Waals surface area contributed by atoms with Crippen LogP contribution in [0.25, 0.3) is 11.0 Å². The van der Waals surface area contributed by atoms with Crippen LogP contribution in [-0.2, 0) is 14.3 Å². The summed E-state index contributed by atoms with van der Waals surface area (Å²) in [5, 5.41) is 3.50. The van der Waals surface area contributed by atoms with Gasteiger partial charge in [-0.3, -0.25) is 9.59 Å². The summed E-state index contributed by atoms with van der Waals surface area (Å²) >= 11 is 0. The zero-order valence-corrected chi connectivity index (χ0v) is 10.8. The minimum atomic E-state index is -0.807. The van der Waals surface area contributed by atoms with Gasteiger partial charge in [0.25, 0.3) is 0 Å². The topological polar surface area (TPSA) is 68.5 Å². The number of carbonyl (C=O) groups excluding carboxylic acids is 2. The van der Waals surface area contributed by atoms with Crippen molar-refractivity contribution in [3.63, 3.8) is 0 Å². The lowest BCUT2D eigenvalue weighted by Gasteiger charge is -2.11. The van der Waals surface area contributed by atoms with E-state index in [-0.39, 0.29) is 5.91 Å². The third-order valence-corrected chi connectivity index (χ3v) is 2.95. The number of hydrogen-bond donors (Lipinski definition) is 1. The van der Waals surface area contributed by atoms with Crippen LogP contribution in [-0.4, -0.2) is 19.0 Å². The number of amides is 1. The van der Waals surface area contributed by atoms with Gasteiger partial charge in [0, 0.05) is 5.39 Å². The van der Waals surface area contributed by atoms with Gasteiger partial charge in [-0.05, 0) is 18.6 Å². The maximum atomic E-state index is 12.0. The first-order valence-electron chi connectivity index (χ1n) is 6.02. The molecule has 5 heteroatoms. The Balaban J connectivity index is 2.20. The Bertz CT molecular complexity index is 602. The summed E-state index contributed by atoms with van der Waals surface area (Å²) in [5.41, 5.74) is 1.24. The summed E-state index contributed by atoms with van der Waals surface area (Å²) < 4.78 is 9.93. The lowest BCUT2D eigenvalue weighted by atomic mass is 10.1. The monoisotopic (exact) mass is 261 g/mol. The summed E-state index contributed by atoms with van der Waals surface area (Å²) in [4.78, 5) is 23.5. The molecule has 2 rings (SSSR count). The molecule has 0 aliphatic heterocycles. The van der Waals surface area contributed by atoms with Crippen LogP contribution in [0, 0.1) is 5.92 Å². The fourth-order valence-electron chi connectivity index (χ4n) is 1.90. The maximum absolute atomic E-state index is 12.0. The first kappa shape index (κ1) is 13.1. The highest BCUT2D eigenvalue weighted by Crippen LogP contribution is 2.26. The van der Waals surface area contributed by atoms with E-state index in [1.54, 1.807) is 6.92 Å². The first-order valence-corrected chi connectivity index (χ1v) is 6.02. The molecule has 1 atom stereocenters. The van der Waals surface area contributed by atoms with Crippen molar-refractivity contribution in [2.75, 3.05) is 12.4 Å². The van der Waals surface area contributed by atoms with Gasteiger partial charge in [-0.25, -0.2) is 0 Å². The van der Waals surface area contributed by atoms with Crippen molar-refractivity contribution in [3.05, 3.63) is 30.5 Å². The fourth-order valence-corrected chi connectivity index (χ4v) is 1.90. The molecule has 1 aromatic heterocycles. The minimum absolute atomic E-state index is 0.383. The molecule has 19 heavy (non-hydrogen) atoms. The largest absolute Gasteiger partial charge is 0.468 e. The zero-order valence-electron chi connectivity index (χ0n) is 10.8. The molecule has 0 saturated carbocycles. The highest BCUT2D eigenvalue weighted by molar-refractivity contribution is 6.08. The number of nitrogens with one attached hydrogen (secondary N) is 1. The first-order chi connectivity index (χ1) is 9.17. The number of fused-ring (bicyclic) bond motifs is 1. The van der Waals surface area contributed by atoms with Gasteiger partial charge in [-0.2, -0.15) is 0 Å². The maximum Gasteiger partial charge on any atom is 0.318 e. The van der Waals surface area contributed by atoms with Crippen LogP contribution in [0.1, 0.15) is 13.3 Å². The van der Waals surface area contributed by atoms with Crippen LogP contribution in [0.4, 0.5) is 5.69 Å². The quantitative estimate of drug-likeness (QED) is 0.678. The van der Waals surface area contributed by atoms with Gasteiger partial charge in [0.05, 0.1) is 12.8 Å². The molecule has 1 N–H and O–H groups in total. The van der Waals surface area contributed by atoms with Gasteiger partial charge in [-0.15, -0.1) is 0 Å². The standard InChI is InChI=1S/C14H15NO4/c1-3-9(14(17)18-2)13(16)15-11-8-19-12-7-5-4-6-10(11)12/h4-9H,3H2,1-2H3,(H,15,16). The zero-order chi connectivity index (χ0) is 13.8. The molecule has 0 saturated heterocycles. The number of methoxy groups -OCH3 is 1. The molecule has 0 radical (unpaired) electrons. The Morgan fingerprint density at radius 3 is 2.79 bits per heavy atom. The van der Waals surface area contributed by atoms with Gasteiger partial charge in [0.2, 0.25) is 5.91 Å². The number of furan rings is 1. The second-order valence-electron chi connectivity index (χ2n) is 4.12. The van der Waals surface area contributed by atoms with Crippen molar-refractivity contribution < 1.29 is 18.7 Å². The van der Waals surface area contributed by atoms with E-state index in [4.69, 9.17) is 4.42 Å². The number of hydrogen-bond acceptors (Lipinski definition) is 4. The number of para-hydroxylation sites is 1. The Kier molecular flexibility index (Phi) is 3.85. The molecule has 1 aromatic carbocycles. The number of benzene rings is 1. The van der Waals surface area contributed by atoms with E-state index in [1.807, 2.05) is 24.3 Å². The highest BCUT2D eigenvalue weighted by Gasteiger charge is 2.26. The molecule has 1 unspecified atom stereocenters. The van der Waals surface area contributed by atoms with Crippen molar-refractivity contribution >= 4 is 28.5 Å². The second kappa shape index (κ2) is 5.56. The molecule has 0 aliphatic carbocycles. The fraction of sp³-hybridized carbons (Fsp3) is 0.286. The Hall–Kier alpha value is -2.30. The van der Waals surface area contributed by atoms with Crippen LogP contribution >= 0.6 is 0 Å². The number of rotatable bonds is 4. The molecule has 0 aliphatic rings. The van der Waals surface area contributed by atoms with Crippen molar-refractivity contribution in [1.29, 1.82) is 0 Å². The third kappa shape index (κ3) is 2.59.